The zero-order valence-corrected chi connectivity index (χ0v) is 15.8. The molecule has 2 heteroatoms. The van der Waals surface area contributed by atoms with Gasteiger partial charge in [0.05, 0.1) is 0 Å². The van der Waals surface area contributed by atoms with Crippen molar-refractivity contribution in [3.8, 4) is 0 Å². The van der Waals surface area contributed by atoms with E-state index in [1.165, 1.54) is 56.2 Å². The van der Waals surface area contributed by atoms with Crippen LogP contribution in [0.1, 0.15) is 75.0 Å². The summed E-state index contributed by atoms with van der Waals surface area (Å²) in [4.78, 5) is 0. The molecule has 1 fully saturated rings. The van der Waals surface area contributed by atoms with E-state index in [2.05, 4.69) is 31.2 Å². The first kappa shape index (κ1) is 18.8. The number of benzene rings is 2. The topological polar surface area (TPSA) is 0 Å². The van der Waals surface area contributed by atoms with Crippen molar-refractivity contribution in [2.75, 3.05) is 0 Å². The summed E-state index contributed by atoms with van der Waals surface area (Å²) in [6.07, 6.45) is 10.0. The molecule has 1 saturated carbocycles. The van der Waals surface area contributed by atoms with E-state index < -0.39 is 11.6 Å². The van der Waals surface area contributed by atoms with Gasteiger partial charge in [0.1, 0.15) is 0 Å². The largest absolute Gasteiger partial charge is 0.204 e. The van der Waals surface area contributed by atoms with Crippen molar-refractivity contribution < 1.29 is 8.78 Å². The van der Waals surface area contributed by atoms with Crippen LogP contribution in [0, 0.1) is 17.6 Å². The van der Waals surface area contributed by atoms with Crippen molar-refractivity contribution >= 4 is 11.6 Å². The number of halogens is 2. The van der Waals surface area contributed by atoms with Gasteiger partial charge in [-0.15, -0.1) is 0 Å². The van der Waals surface area contributed by atoms with Gasteiger partial charge in [0, 0.05) is 0 Å². The lowest BCUT2D eigenvalue weighted by Gasteiger charge is -2.28. The highest BCUT2D eigenvalue weighted by molar-refractivity contribution is 5.80. The highest BCUT2D eigenvalue weighted by atomic mass is 19.2. The zero-order valence-electron chi connectivity index (χ0n) is 15.8. The predicted octanol–water partition coefficient (Wildman–Crippen LogP) is 7.60. The monoisotopic (exact) mass is 354 g/mol. The number of rotatable bonds is 5. The van der Waals surface area contributed by atoms with Crippen molar-refractivity contribution in [3.63, 3.8) is 0 Å². The molecule has 0 aliphatic heterocycles. The molecule has 0 radical (unpaired) electrons. The first-order valence-corrected chi connectivity index (χ1v) is 9.80. The average molecular weight is 354 g/mol. The molecule has 0 unspecified atom stereocenters. The normalized spacial score (nSPS) is 21.0. The van der Waals surface area contributed by atoms with Gasteiger partial charge in [-0.2, -0.15) is 0 Å². The Morgan fingerprint density at radius 1 is 0.962 bits per heavy atom. The second kappa shape index (κ2) is 8.62. The average Bonchev–Trinajstić information content (AvgIpc) is 2.65. The molecule has 0 N–H and O–H groups in total. The Morgan fingerprint density at radius 2 is 1.65 bits per heavy atom. The molecule has 0 aromatic heterocycles. The summed E-state index contributed by atoms with van der Waals surface area (Å²) in [6, 6.07) is 12.8. The Bertz CT molecular complexity index is 750. The molecule has 0 bridgehead atoms. The molecule has 26 heavy (non-hydrogen) atoms. The fourth-order valence-corrected chi connectivity index (χ4v) is 4.13. The molecule has 0 saturated heterocycles. The first-order chi connectivity index (χ1) is 12.6. The third-order valence-corrected chi connectivity index (χ3v) is 5.71. The van der Waals surface area contributed by atoms with E-state index >= 15 is 0 Å². The Hall–Kier alpha value is -1.96. The van der Waals surface area contributed by atoms with Crippen LogP contribution in [0.2, 0.25) is 0 Å². The Kier molecular flexibility index (Phi) is 6.24. The predicted molar refractivity (Wildman–Crippen MR) is 106 cm³/mol. The Balaban J connectivity index is 1.66. The molecule has 0 spiro atoms. The third kappa shape index (κ3) is 4.60. The molecule has 138 valence electrons. The molecular formula is C24H28F2. The van der Waals surface area contributed by atoms with Crippen molar-refractivity contribution in [2.24, 2.45) is 5.92 Å². The van der Waals surface area contributed by atoms with E-state index in [-0.39, 0.29) is 0 Å². The molecule has 2 aromatic rings. The maximum Gasteiger partial charge on any atom is 0.159 e. The lowest BCUT2D eigenvalue weighted by Crippen LogP contribution is -2.13. The summed E-state index contributed by atoms with van der Waals surface area (Å²) in [5.41, 5.74) is 4.16. The second-order valence-electron chi connectivity index (χ2n) is 7.63. The van der Waals surface area contributed by atoms with Crippen molar-refractivity contribution in [1.29, 1.82) is 0 Å². The van der Waals surface area contributed by atoms with E-state index in [1.54, 1.807) is 6.07 Å². The quantitative estimate of drug-likeness (QED) is 0.485. The Labute approximate surface area is 156 Å². The van der Waals surface area contributed by atoms with Crippen LogP contribution < -0.4 is 0 Å². The van der Waals surface area contributed by atoms with Gasteiger partial charge in [-0.25, -0.2) is 8.78 Å². The highest BCUT2D eigenvalue weighted by Gasteiger charge is 2.21. The molecular weight excluding hydrogens is 326 g/mol. The Morgan fingerprint density at radius 3 is 2.27 bits per heavy atom. The lowest BCUT2D eigenvalue weighted by atomic mass is 9.77. The maximum atomic E-state index is 13.4. The van der Waals surface area contributed by atoms with Gasteiger partial charge in [0.25, 0.3) is 0 Å². The zero-order chi connectivity index (χ0) is 18.5. The molecule has 2 aromatic carbocycles. The van der Waals surface area contributed by atoms with Crippen LogP contribution in [0.3, 0.4) is 0 Å². The standard InChI is InChI=1S/C24H28F2/c1-3-4-18-5-9-20(10-6-18)21-11-7-19(8-12-21)15-17(2)22-13-14-23(25)24(26)16-22/h7-8,11-16,18,20H,3-6,9-10H2,1-2H3. The summed E-state index contributed by atoms with van der Waals surface area (Å²) in [6.45, 7) is 4.20. The summed E-state index contributed by atoms with van der Waals surface area (Å²) < 4.78 is 26.5. The van der Waals surface area contributed by atoms with Gasteiger partial charge in [-0.3, -0.25) is 0 Å². The van der Waals surface area contributed by atoms with E-state index in [9.17, 15) is 8.78 Å². The van der Waals surface area contributed by atoms with Crippen LogP contribution in [-0.4, -0.2) is 0 Å². The first-order valence-electron chi connectivity index (χ1n) is 9.80. The van der Waals surface area contributed by atoms with Gasteiger partial charge in [0.15, 0.2) is 11.6 Å². The van der Waals surface area contributed by atoms with Crippen LogP contribution in [-0.2, 0) is 0 Å². The summed E-state index contributed by atoms with van der Waals surface area (Å²) in [5, 5.41) is 0. The van der Waals surface area contributed by atoms with Crippen LogP contribution in [0.4, 0.5) is 8.78 Å². The second-order valence-corrected chi connectivity index (χ2v) is 7.63. The lowest BCUT2D eigenvalue weighted by molar-refractivity contribution is 0.308. The summed E-state index contributed by atoms with van der Waals surface area (Å²) >= 11 is 0. The van der Waals surface area contributed by atoms with Crippen molar-refractivity contribution in [3.05, 3.63) is 70.8 Å². The van der Waals surface area contributed by atoms with Gasteiger partial charge in [-0.05, 0) is 78.8 Å². The molecule has 0 nitrogen and oxygen atoms in total. The van der Waals surface area contributed by atoms with Gasteiger partial charge < -0.3 is 0 Å². The summed E-state index contributed by atoms with van der Waals surface area (Å²) in [5.74, 6) is 0.00877. The van der Waals surface area contributed by atoms with Gasteiger partial charge in [-0.1, -0.05) is 56.2 Å². The molecule has 0 heterocycles. The van der Waals surface area contributed by atoms with Crippen LogP contribution in [0.5, 0.6) is 0 Å². The molecule has 1 aliphatic carbocycles. The van der Waals surface area contributed by atoms with E-state index in [1.807, 2.05) is 13.0 Å². The maximum absolute atomic E-state index is 13.4. The molecule has 1 aliphatic rings. The molecule has 3 rings (SSSR count). The fraction of sp³-hybridized carbons (Fsp3) is 0.417. The van der Waals surface area contributed by atoms with Crippen LogP contribution in [0.15, 0.2) is 42.5 Å². The van der Waals surface area contributed by atoms with Crippen LogP contribution >= 0.6 is 0 Å². The minimum absolute atomic E-state index is 0.688. The van der Waals surface area contributed by atoms with Crippen molar-refractivity contribution in [2.45, 2.75) is 58.3 Å². The van der Waals surface area contributed by atoms with Gasteiger partial charge >= 0.3 is 0 Å². The third-order valence-electron chi connectivity index (χ3n) is 5.71. The van der Waals surface area contributed by atoms with E-state index in [0.29, 0.717) is 11.5 Å². The smallest absolute Gasteiger partial charge is 0.159 e. The SMILES string of the molecule is CCCC1CCC(c2ccc(C=C(C)c3ccc(F)c(F)c3)cc2)CC1. The molecule has 0 atom stereocenters. The minimum Gasteiger partial charge on any atom is -0.204 e. The molecule has 0 amide bonds. The fourth-order valence-electron chi connectivity index (χ4n) is 4.13. The van der Waals surface area contributed by atoms with Crippen molar-refractivity contribution in [1.82, 2.24) is 0 Å². The van der Waals surface area contributed by atoms with Crippen LogP contribution in [0.25, 0.3) is 11.6 Å². The van der Waals surface area contributed by atoms with Gasteiger partial charge in [0.2, 0.25) is 0 Å². The highest BCUT2D eigenvalue weighted by Crippen LogP contribution is 2.37. The number of allylic oxidation sites excluding steroid dienone is 1. The van der Waals surface area contributed by atoms with E-state index in [4.69, 9.17) is 0 Å². The number of hydrogen-bond acceptors (Lipinski definition) is 0. The van der Waals surface area contributed by atoms with E-state index in [0.717, 1.165) is 17.1 Å². The summed E-state index contributed by atoms with van der Waals surface area (Å²) in [7, 11) is 0. The minimum atomic E-state index is -0.806. The number of hydrogen-bond donors (Lipinski definition) is 0.